The van der Waals surface area contributed by atoms with Gasteiger partial charge < -0.3 is 14.8 Å². The van der Waals surface area contributed by atoms with Crippen molar-refractivity contribution in [2.75, 3.05) is 26.8 Å². The first kappa shape index (κ1) is 21.2. The molecule has 29 heavy (non-hydrogen) atoms. The minimum Gasteiger partial charge on any atom is -0.497 e. The Balaban J connectivity index is 1.45. The van der Waals surface area contributed by atoms with E-state index in [4.69, 9.17) is 9.47 Å². The van der Waals surface area contributed by atoms with Gasteiger partial charge in [-0.25, -0.2) is 0 Å². The zero-order valence-electron chi connectivity index (χ0n) is 17.7. The second-order valence-electron chi connectivity index (χ2n) is 8.04. The maximum Gasteiger partial charge on any atom is 0.251 e. The minimum atomic E-state index is -0.0980. The van der Waals surface area contributed by atoms with Crippen LogP contribution in [0.15, 0.2) is 48.5 Å². The molecule has 0 aliphatic carbocycles. The second-order valence-corrected chi connectivity index (χ2v) is 8.04. The number of nitrogens with zero attached hydrogens (tertiary/aromatic N) is 1. The molecule has 5 heteroatoms. The van der Waals surface area contributed by atoms with Crippen LogP contribution in [0.3, 0.4) is 0 Å². The summed E-state index contributed by atoms with van der Waals surface area (Å²) in [7, 11) is 1.63. The average Bonchev–Trinajstić information content (AvgIpc) is 2.73. The van der Waals surface area contributed by atoms with Crippen molar-refractivity contribution in [2.45, 2.75) is 39.3 Å². The smallest absolute Gasteiger partial charge is 0.251 e. The van der Waals surface area contributed by atoms with Crippen molar-refractivity contribution in [3.8, 4) is 11.5 Å². The first-order chi connectivity index (χ1) is 14.0. The van der Waals surface area contributed by atoms with Gasteiger partial charge in [0.15, 0.2) is 0 Å². The van der Waals surface area contributed by atoms with Crippen LogP contribution >= 0.6 is 0 Å². The van der Waals surface area contributed by atoms with Gasteiger partial charge in [0.05, 0.1) is 13.2 Å². The summed E-state index contributed by atoms with van der Waals surface area (Å²) in [6, 6.07) is 15.3. The molecule has 0 bridgehead atoms. The van der Waals surface area contributed by atoms with E-state index < -0.39 is 0 Å². The molecule has 3 rings (SSSR count). The Labute approximate surface area is 174 Å². The number of carbonyl (C=O) groups excluding carboxylic acids is 1. The van der Waals surface area contributed by atoms with Crippen LogP contribution < -0.4 is 14.8 Å². The molecule has 0 aromatic heterocycles. The number of hydrogen-bond donors (Lipinski definition) is 1. The first-order valence-electron chi connectivity index (χ1n) is 10.4. The molecule has 2 aromatic rings. The third-order valence-electron chi connectivity index (χ3n) is 5.30. The van der Waals surface area contributed by atoms with Gasteiger partial charge in [-0.05, 0) is 74.2 Å². The summed E-state index contributed by atoms with van der Waals surface area (Å²) in [6.07, 6.45) is 2.61. The molecule has 1 saturated heterocycles. The summed E-state index contributed by atoms with van der Waals surface area (Å²) >= 11 is 0. The van der Waals surface area contributed by atoms with Crippen LogP contribution in [-0.4, -0.2) is 43.7 Å². The number of ether oxygens (including phenoxy) is 2. The van der Waals surface area contributed by atoms with E-state index in [1.54, 1.807) is 7.11 Å². The van der Waals surface area contributed by atoms with Gasteiger partial charge in [-0.15, -0.1) is 0 Å². The van der Waals surface area contributed by atoms with E-state index in [0.717, 1.165) is 37.1 Å². The summed E-state index contributed by atoms with van der Waals surface area (Å²) in [6.45, 7) is 7.94. The van der Waals surface area contributed by atoms with Crippen LogP contribution in [0, 0.1) is 5.92 Å². The molecule has 5 nitrogen and oxygen atoms in total. The van der Waals surface area contributed by atoms with Crippen LogP contribution in [0.5, 0.6) is 11.5 Å². The molecular formula is C24H32N2O3. The fraction of sp³-hybridized carbons (Fsp3) is 0.458. The molecule has 1 amide bonds. The number of piperidine rings is 1. The lowest BCUT2D eigenvalue weighted by Gasteiger charge is -2.30. The number of hydrogen-bond acceptors (Lipinski definition) is 4. The molecule has 156 valence electrons. The van der Waals surface area contributed by atoms with Gasteiger partial charge in [0.25, 0.3) is 5.91 Å². The van der Waals surface area contributed by atoms with Crippen molar-refractivity contribution in [1.29, 1.82) is 0 Å². The maximum atomic E-state index is 12.5. The molecule has 2 aromatic carbocycles. The molecule has 1 aliphatic rings. The van der Waals surface area contributed by atoms with E-state index >= 15 is 0 Å². The molecule has 0 saturated carbocycles. The Morgan fingerprint density at radius 1 is 1.14 bits per heavy atom. The summed E-state index contributed by atoms with van der Waals surface area (Å²) in [4.78, 5) is 15.0. The Kier molecular flexibility index (Phi) is 7.53. The summed E-state index contributed by atoms with van der Waals surface area (Å²) in [5.41, 5.74) is 1.93. The quantitative estimate of drug-likeness (QED) is 0.729. The summed E-state index contributed by atoms with van der Waals surface area (Å²) in [5.74, 6) is 2.24. The van der Waals surface area contributed by atoms with Gasteiger partial charge >= 0.3 is 0 Å². The Bertz CT molecular complexity index is 774. The third-order valence-corrected chi connectivity index (χ3v) is 5.30. The van der Waals surface area contributed by atoms with Crippen molar-refractivity contribution in [1.82, 2.24) is 10.2 Å². The molecule has 1 aliphatic heterocycles. The van der Waals surface area contributed by atoms with Crippen molar-refractivity contribution in [3.05, 3.63) is 59.7 Å². The molecule has 0 radical (unpaired) electrons. The fourth-order valence-electron chi connectivity index (χ4n) is 3.69. The zero-order valence-corrected chi connectivity index (χ0v) is 17.7. The molecule has 0 unspecified atom stereocenters. The number of carbonyl (C=O) groups is 1. The number of likely N-dealkylation sites (tertiary alicyclic amines) is 1. The van der Waals surface area contributed by atoms with Gasteiger partial charge in [-0.1, -0.05) is 19.1 Å². The lowest BCUT2D eigenvalue weighted by Crippen LogP contribution is -2.36. The molecule has 1 N–H and O–H groups in total. The van der Waals surface area contributed by atoms with Crippen LogP contribution in [0.25, 0.3) is 0 Å². The van der Waals surface area contributed by atoms with E-state index in [9.17, 15) is 4.79 Å². The third kappa shape index (κ3) is 6.50. The fourth-order valence-corrected chi connectivity index (χ4v) is 3.69. The maximum absolute atomic E-state index is 12.5. The van der Waals surface area contributed by atoms with Crippen molar-refractivity contribution >= 4 is 5.91 Å². The van der Waals surface area contributed by atoms with E-state index in [1.165, 1.54) is 18.4 Å². The van der Waals surface area contributed by atoms with Crippen molar-refractivity contribution in [2.24, 2.45) is 5.92 Å². The van der Waals surface area contributed by atoms with Gasteiger partial charge in [0.2, 0.25) is 0 Å². The number of amides is 1. The first-order valence-corrected chi connectivity index (χ1v) is 10.4. The van der Waals surface area contributed by atoms with E-state index in [-0.39, 0.29) is 11.9 Å². The molecule has 0 spiro atoms. The lowest BCUT2D eigenvalue weighted by atomic mass is 9.99. The topological polar surface area (TPSA) is 50.8 Å². The van der Waals surface area contributed by atoms with E-state index in [0.29, 0.717) is 12.2 Å². The Hall–Kier alpha value is -2.53. The average molecular weight is 397 g/mol. The van der Waals surface area contributed by atoms with Crippen LogP contribution in [-0.2, 0) is 6.54 Å². The number of nitrogens with one attached hydrogen (secondary N) is 1. The summed E-state index contributed by atoms with van der Waals surface area (Å²) < 4.78 is 10.9. The van der Waals surface area contributed by atoms with Crippen molar-refractivity contribution in [3.63, 3.8) is 0 Å². The summed E-state index contributed by atoms with van der Waals surface area (Å²) in [5, 5.41) is 3.00. The number of methoxy groups -OCH3 is 1. The van der Waals surface area contributed by atoms with E-state index in [2.05, 4.69) is 29.3 Å². The second kappa shape index (κ2) is 10.3. The Morgan fingerprint density at radius 2 is 1.83 bits per heavy atom. The highest BCUT2D eigenvalue weighted by Gasteiger charge is 2.16. The largest absolute Gasteiger partial charge is 0.497 e. The van der Waals surface area contributed by atoms with Gasteiger partial charge in [0, 0.05) is 18.7 Å². The highest BCUT2D eigenvalue weighted by atomic mass is 16.5. The number of rotatable bonds is 8. The molecule has 1 fully saturated rings. The van der Waals surface area contributed by atoms with Crippen molar-refractivity contribution < 1.29 is 14.3 Å². The SMILES string of the molecule is COc1ccc(OC[C@@H](C)NC(=O)c2ccc(CN3CCC[C@H](C)C3)cc2)cc1. The van der Waals surface area contributed by atoms with E-state index in [1.807, 2.05) is 43.3 Å². The van der Waals surface area contributed by atoms with Gasteiger partial charge in [-0.3, -0.25) is 9.69 Å². The normalized spacial score (nSPS) is 18.1. The van der Waals surface area contributed by atoms with Gasteiger partial charge in [-0.2, -0.15) is 0 Å². The molecular weight excluding hydrogens is 364 g/mol. The highest BCUT2D eigenvalue weighted by molar-refractivity contribution is 5.94. The molecule has 1 heterocycles. The highest BCUT2D eigenvalue weighted by Crippen LogP contribution is 2.19. The monoisotopic (exact) mass is 396 g/mol. The lowest BCUT2D eigenvalue weighted by molar-refractivity contribution is 0.0926. The predicted molar refractivity (Wildman–Crippen MR) is 116 cm³/mol. The van der Waals surface area contributed by atoms with Crippen LogP contribution in [0.1, 0.15) is 42.6 Å². The number of benzene rings is 2. The molecule has 2 atom stereocenters. The Morgan fingerprint density at radius 3 is 2.48 bits per heavy atom. The van der Waals surface area contributed by atoms with Gasteiger partial charge in [0.1, 0.15) is 18.1 Å². The minimum absolute atomic E-state index is 0.0750. The zero-order chi connectivity index (χ0) is 20.6. The van der Waals surface area contributed by atoms with Crippen LogP contribution in [0.2, 0.25) is 0 Å². The van der Waals surface area contributed by atoms with Crippen LogP contribution in [0.4, 0.5) is 0 Å². The predicted octanol–water partition coefficient (Wildman–Crippen LogP) is 4.12. The standard InChI is InChI=1S/C24H32N2O3/c1-18-5-4-14-26(15-18)16-20-6-8-21(9-7-20)24(27)25-19(2)17-29-23-12-10-22(28-3)11-13-23/h6-13,18-19H,4-5,14-17H2,1-3H3,(H,25,27)/t18-,19+/m0/s1.